The van der Waals surface area contributed by atoms with Crippen molar-refractivity contribution in [2.45, 2.75) is 46.2 Å². The predicted molar refractivity (Wildman–Crippen MR) is 118 cm³/mol. The van der Waals surface area contributed by atoms with E-state index in [1.165, 1.54) is 5.56 Å². The first kappa shape index (κ1) is 20.6. The zero-order valence-corrected chi connectivity index (χ0v) is 17.5. The largest absolute Gasteiger partial charge is 0.357 e. The molecule has 3 aromatic rings. The van der Waals surface area contributed by atoms with Crippen LogP contribution in [0, 0.1) is 6.92 Å². The Morgan fingerprint density at radius 1 is 1.10 bits per heavy atom. The fourth-order valence-electron chi connectivity index (χ4n) is 3.10. The highest BCUT2D eigenvalue weighted by Crippen LogP contribution is 2.09. The third-order valence-corrected chi connectivity index (χ3v) is 4.74. The highest BCUT2D eigenvalue weighted by molar-refractivity contribution is 5.80. The van der Waals surface area contributed by atoms with Gasteiger partial charge >= 0.3 is 0 Å². The molecule has 2 aromatic heterocycles. The second-order valence-electron chi connectivity index (χ2n) is 7.13. The number of aromatic nitrogens is 3. The quantitative estimate of drug-likeness (QED) is 0.455. The fraction of sp³-hybridized carbons (Fsp3) is 0.348. The molecule has 0 saturated heterocycles. The van der Waals surface area contributed by atoms with E-state index in [4.69, 9.17) is 4.99 Å². The first-order valence-electron chi connectivity index (χ1n) is 10.2. The Hall–Kier alpha value is -3.15. The molecule has 0 saturated carbocycles. The van der Waals surface area contributed by atoms with Gasteiger partial charge in [0, 0.05) is 31.2 Å². The molecule has 0 spiro atoms. The van der Waals surface area contributed by atoms with E-state index < -0.39 is 0 Å². The SMILES string of the molecule is CCNC(=NCc1ccc(-n2ccnc2C)nc1)NC(C)CCc1ccccc1. The number of hydrogen-bond donors (Lipinski definition) is 2. The summed E-state index contributed by atoms with van der Waals surface area (Å²) in [5.74, 6) is 2.63. The molecule has 0 amide bonds. The normalized spacial score (nSPS) is 12.6. The number of imidazole rings is 1. The lowest BCUT2D eigenvalue weighted by atomic mass is 10.1. The van der Waals surface area contributed by atoms with Gasteiger partial charge in [-0.15, -0.1) is 0 Å². The lowest BCUT2D eigenvalue weighted by Crippen LogP contribution is -2.42. The van der Waals surface area contributed by atoms with Crippen molar-refractivity contribution in [2.75, 3.05) is 6.54 Å². The third-order valence-electron chi connectivity index (χ3n) is 4.74. The van der Waals surface area contributed by atoms with Crippen LogP contribution in [0.25, 0.3) is 5.82 Å². The van der Waals surface area contributed by atoms with E-state index >= 15 is 0 Å². The van der Waals surface area contributed by atoms with Crippen LogP contribution in [0.2, 0.25) is 0 Å². The Kier molecular flexibility index (Phi) is 7.39. The number of rotatable bonds is 8. The van der Waals surface area contributed by atoms with Gasteiger partial charge in [0.2, 0.25) is 0 Å². The van der Waals surface area contributed by atoms with Gasteiger partial charge < -0.3 is 10.6 Å². The standard InChI is InChI=1S/C23H30N6/c1-4-24-23(28-18(2)10-11-20-8-6-5-7-9-20)27-17-21-12-13-22(26-16-21)29-15-14-25-19(29)3/h5-9,12-16,18H,4,10-11,17H2,1-3H3,(H2,24,27,28). The van der Waals surface area contributed by atoms with E-state index in [0.29, 0.717) is 12.6 Å². The average Bonchev–Trinajstić information content (AvgIpc) is 3.18. The number of aliphatic imine (C=N–C) groups is 1. The maximum Gasteiger partial charge on any atom is 0.191 e. The van der Waals surface area contributed by atoms with Crippen LogP contribution in [-0.2, 0) is 13.0 Å². The molecule has 0 aliphatic rings. The minimum absolute atomic E-state index is 0.331. The van der Waals surface area contributed by atoms with Crippen LogP contribution in [0.15, 0.2) is 66.0 Å². The maximum atomic E-state index is 4.72. The van der Waals surface area contributed by atoms with Crippen molar-refractivity contribution in [2.24, 2.45) is 4.99 Å². The molecule has 6 nitrogen and oxygen atoms in total. The Morgan fingerprint density at radius 3 is 2.59 bits per heavy atom. The molecule has 3 rings (SSSR count). The molecule has 0 fully saturated rings. The van der Waals surface area contributed by atoms with Crippen LogP contribution in [0.1, 0.15) is 37.2 Å². The first-order chi connectivity index (χ1) is 14.2. The Bertz CT molecular complexity index is 899. The van der Waals surface area contributed by atoms with Gasteiger partial charge in [-0.3, -0.25) is 4.57 Å². The number of benzene rings is 1. The van der Waals surface area contributed by atoms with Crippen molar-refractivity contribution in [3.63, 3.8) is 0 Å². The highest BCUT2D eigenvalue weighted by atomic mass is 15.2. The Balaban J connectivity index is 1.56. The molecular weight excluding hydrogens is 360 g/mol. The van der Waals surface area contributed by atoms with E-state index in [1.807, 2.05) is 30.0 Å². The average molecular weight is 391 g/mol. The van der Waals surface area contributed by atoms with Gasteiger partial charge in [-0.05, 0) is 50.8 Å². The van der Waals surface area contributed by atoms with Crippen molar-refractivity contribution >= 4 is 5.96 Å². The summed E-state index contributed by atoms with van der Waals surface area (Å²) in [5, 5.41) is 6.83. The summed E-state index contributed by atoms with van der Waals surface area (Å²) < 4.78 is 1.97. The van der Waals surface area contributed by atoms with Crippen molar-refractivity contribution in [3.8, 4) is 5.82 Å². The lowest BCUT2D eigenvalue weighted by molar-refractivity contribution is 0.593. The molecule has 1 unspecified atom stereocenters. The van der Waals surface area contributed by atoms with Crippen molar-refractivity contribution in [1.29, 1.82) is 0 Å². The minimum atomic E-state index is 0.331. The van der Waals surface area contributed by atoms with Gasteiger partial charge in [-0.1, -0.05) is 36.4 Å². The molecular formula is C23H30N6. The number of nitrogens with one attached hydrogen (secondary N) is 2. The molecule has 2 N–H and O–H groups in total. The van der Waals surface area contributed by atoms with E-state index in [-0.39, 0.29) is 0 Å². The topological polar surface area (TPSA) is 67.1 Å². The van der Waals surface area contributed by atoms with Crippen LogP contribution in [0.3, 0.4) is 0 Å². The Labute approximate surface area is 173 Å². The van der Waals surface area contributed by atoms with E-state index in [2.05, 4.69) is 70.8 Å². The third kappa shape index (κ3) is 6.17. The van der Waals surface area contributed by atoms with Gasteiger partial charge in [-0.25, -0.2) is 15.0 Å². The molecule has 1 atom stereocenters. The monoisotopic (exact) mass is 390 g/mol. The smallest absolute Gasteiger partial charge is 0.191 e. The predicted octanol–water partition coefficient (Wildman–Crippen LogP) is 3.65. The summed E-state index contributed by atoms with van der Waals surface area (Å²) in [7, 11) is 0. The molecule has 0 bridgehead atoms. The van der Waals surface area contributed by atoms with Gasteiger partial charge in [0.25, 0.3) is 0 Å². The van der Waals surface area contributed by atoms with Crippen LogP contribution in [0.4, 0.5) is 0 Å². The van der Waals surface area contributed by atoms with E-state index in [9.17, 15) is 0 Å². The molecule has 29 heavy (non-hydrogen) atoms. The molecule has 1 aromatic carbocycles. The summed E-state index contributed by atoms with van der Waals surface area (Å²) in [5.41, 5.74) is 2.43. The zero-order valence-electron chi connectivity index (χ0n) is 17.5. The summed E-state index contributed by atoms with van der Waals surface area (Å²) in [4.78, 5) is 13.5. The fourth-order valence-corrected chi connectivity index (χ4v) is 3.10. The van der Waals surface area contributed by atoms with E-state index in [0.717, 1.165) is 42.6 Å². The number of pyridine rings is 1. The molecule has 0 radical (unpaired) electrons. The number of nitrogens with zero attached hydrogens (tertiary/aromatic N) is 4. The maximum absolute atomic E-state index is 4.72. The van der Waals surface area contributed by atoms with Crippen LogP contribution < -0.4 is 10.6 Å². The summed E-state index contributed by atoms with van der Waals surface area (Å²) in [6.07, 6.45) is 7.67. The number of guanidine groups is 1. The lowest BCUT2D eigenvalue weighted by Gasteiger charge is -2.18. The minimum Gasteiger partial charge on any atom is -0.357 e. The second-order valence-corrected chi connectivity index (χ2v) is 7.13. The van der Waals surface area contributed by atoms with Gasteiger partial charge in [-0.2, -0.15) is 0 Å². The zero-order chi connectivity index (χ0) is 20.5. The highest BCUT2D eigenvalue weighted by Gasteiger charge is 2.06. The summed E-state index contributed by atoms with van der Waals surface area (Å²) in [6, 6.07) is 15.0. The number of aryl methyl sites for hydroxylation is 2. The Morgan fingerprint density at radius 2 is 1.93 bits per heavy atom. The molecule has 6 heteroatoms. The van der Waals surface area contributed by atoms with Gasteiger partial charge in [0.15, 0.2) is 5.96 Å². The molecule has 152 valence electrons. The molecule has 0 aliphatic heterocycles. The summed E-state index contributed by atoms with van der Waals surface area (Å²) >= 11 is 0. The molecule has 0 aliphatic carbocycles. The molecule has 2 heterocycles. The van der Waals surface area contributed by atoms with Crippen LogP contribution in [-0.4, -0.2) is 33.1 Å². The second kappa shape index (κ2) is 10.4. The van der Waals surface area contributed by atoms with Gasteiger partial charge in [0.05, 0.1) is 6.54 Å². The van der Waals surface area contributed by atoms with Gasteiger partial charge in [0.1, 0.15) is 11.6 Å². The number of hydrogen-bond acceptors (Lipinski definition) is 3. The van der Waals surface area contributed by atoms with Crippen molar-refractivity contribution < 1.29 is 0 Å². The van der Waals surface area contributed by atoms with Crippen LogP contribution in [0.5, 0.6) is 0 Å². The van der Waals surface area contributed by atoms with Crippen LogP contribution >= 0.6 is 0 Å². The van der Waals surface area contributed by atoms with Crippen molar-refractivity contribution in [1.82, 2.24) is 25.2 Å². The first-order valence-corrected chi connectivity index (χ1v) is 10.2. The van der Waals surface area contributed by atoms with Crippen molar-refractivity contribution in [3.05, 3.63) is 78.0 Å². The summed E-state index contributed by atoms with van der Waals surface area (Å²) in [6.45, 7) is 7.65. The van der Waals surface area contributed by atoms with E-state index in [1.54, 1.807) is 6.20 Å².